The fourth-order valence-electron chi connectivity index (χ4n) is 4.32. The fraction of sp³-hybridized carbons (Fsp3) is 0.455. The summed E-state index contributed by atoms with van der Waals surface area (Å²) in [6.45, 7) is 2.83. The molecule has 2 aromatic carbocycles. The van der Waals surface area contributed by atoms with Gasteiger partial charge >= 0.3 is 0 Å². The Morgan fingerprint density at radius 1 is 0.900 bits per heavy atom. The first-order valence-corrected chi connectivity index (χ1v) is 12.6. The van der Waals surface area contributed by atoms with E-state index >= 15 is 0 Å². The monoisotopic (exact) mass is 496 g/mol. The molecule has 0 aromatic heterocycles. The van der Waals surface area contributed by atoms with Gasteiger partial charge in [-0.25, -0.2) is 12.8 Å². The maximum absolute atomic E-state index is 13.8. The molecule has 162 valence electrons. The standard InChI is InChI=1S/C22H26BrFN2O3S/c23-19-5-1-4-8-22(19)30(27,28)26-15-9-17(10-16-26)25-13-11-18(12-14-25)29-21-7-3-2-6-20(21)24/h1-8,17-18H,9-16H2. The van der Waals surface area contributed by atoms with E-state index in [1.807, 2.05) is 6.07 Å². The molecule has 0 bridgehead atoms. The van der Waals surface area contributed by atoms with Gasteiger partial charge in [-0.05, 0) is 65.9 Å². The molecule has 0 amide bonds. The first-order valence-electron chi connectivity index (χ1n) is 10.3. The summed E-state index contributed by atoms with van der Waals surface area (Å²) in [5.74, 6) is 0.0000937. The van der Waals surface area contributed by atoms with E-state index in [0.717, 1.165) is 38.8 Å². The second-order valence-corrected chi connectivity index (χ2v) is 10.6. The summed E-state index contributed by atoms with van der Waals surface area (Å²) >= 11 is 3.36. The highest BCUT2D eigenvalue weighted by molar-refractivity contribution is 9.10. The molecule has 0 unspecified atom stereocenters. The number of sulfonamides is 1. The molecule has 2 aromatic rings. The molecule has 8 heteroatoms. The van der Waals surface area contributed by atoms with Crippen molar-refractivity contribution in [1.82, 2.24) is 9.21 Å². The molecular formula is C22H26BrFN2O3S. The normalized spacial score (nSPS) is 20.3. The molecule has 0 radical (unpaired) electrons. The van der Waals surface area contributed by atoms with Crippen LogP contribution >= 0.6 is 15.9 Å². The summed E-state index contributed by atoms with van der Waals surface area (Å²) in [5.41, 5.74) is 0. The zero-order chi connectivity index (χ0) is 21.1. The molecule has 0 N–H and O–H groups in total. The van der Waals surface area contributed by atoms with E-state index in [9.17, 15) is 12.8 Å². The van der Waals surface area contributed by atoms with Crippen LogP contribution < -0.4 is 4.74 Å². The molecule has 0 aliphatic carbocycles. The largest absolute Gasteiger partial charge is 0.487 e. The van der Waals surface area contributed by atoms with Crippen LogP contribution in [-0.4, -0.2) is 55.9 Å². The summed E-state index contributed by atoms with van der Waals surface area (Å²) in [4.78, 5) is 2.76. The minimum Gasteiger partial charge on any atom is -0.487 e. The number of para-hydroxylation sites is 1. The number of rotatable bonds is 5. The van der Waals surface area contributed by atoms with Gasteiger partial charge in [-0.3, -0.25) is 0 Å². The van der Waals surface area contributed by atoms with Crippen LogP contribution in [0.1, 0.15) is 25.7 Å². The number of hydrogen-bond donors (Lipinski definition) is 0. The first-order chi connectivity index (χ1) is 14.4. The highest BCUT2D eigenvalue weighted by atomic mass is 79.9. The number of likely N-dealkylation sites (tertiary alicyclic amines) is 1. The van der Waals surface area contributed by atoms with Gasteiger partial charge in [0.1, 0.15) is 6.10 Å². The van der Waals surface area contributed by atoms with Crippen molar-refractivity contribution in [3.8, 4) is 5.75 Å². The van der Waals surface area contributed by atoms with Gasteiger partial charge in [-0.2, -0.15) is 4.31 Å². The Kier molecular flexibility index (Phi) is 6.77. The van der Waals surface area contributed by atoms with Gasteiger partial charge in [0.2, 0.25) is 10.0 Å². The number of piperidine rings is 2. The predicted octanol–water partition coefficient (Wildman–Crippen LogP) is 4.28. The number of benzene rings is 2. The van der Waals surface area contributed by atoms with Crippen LogP contribution in [0, 0.1) is 5.82 Å². The summed E-state index contributed by atoms with van der Waals surface area (Å²) in [5, 5.41) is 0. The lowest BCUT2D eigenvalue weighted by Crippen LogP contribution is -2.50. The zero-order valence-corrected chi connectivity index (χ0v) is 19.1. The summed E-state index contributed by atoms with van der Waals surface area (Å²) in [6.07, 6.45) is 3.37. The predicted molar refractivity (Wildman–Crippen MR) is 118 cm³/mol. The Bertz CT molecular complexity index is 972. The van der Waals surface area contributed by atoms with Crippen LogP contribution in [0.15, 0.2) is 57.9 Å². The van der Waals surface area contributed by atoms with E-state index in [2.05, 4.69) is 20.8 Å². The molecule has 0 spiro atoms. The second-order valence-electron chi connectivity index (χ2n) is 7.85. The lowest BCUT2D eigenvalue weighted by Gasteiger charge is -2.41. The average Bonchev–Trinajstić information content (AvgIpc) is 2.76. The lowest BCUT2D eigenvalue weighted by atomic mass is 10.00. The van der Waals surface area contributed by atoms with Crippen molar-refractivity contribution in [3.63, 3.8) is 0 Å². The van der Waals surface area contributed by atoms with Crippen LogP contribution in [0.25, 0.3) is 0 Å². The van der Waals surface area contributed by atoms with Gasteiger partial charge in [0.25, 0.3) is 0 Å². The average molecular weight is 497 g/mol. The number of halogens is 2. The molecule has 0 atom stereocenters. The van der Waals surface area contributed by atoms with Crippen molar-refractivity contribution in [3.05, 3.63) is 58.8 Å². The SMILES string of the molecule is O=S(=O)(c1ccccc1Br)N1CCC(N2CCC(Oc3ccccc3F)CC2)CC1. The molecule has 2 heterocycles. The smallest absolute Gasteiger partial charge is 0.244 e. The van der Waals surface area contributed by atoms with Crippen LogP contribution in [0.5, 0.6) is 5.75 Å². The molecule has 4 rings (SSSR count). The van der Waals surface area contributed by atoms with Crippen LogP contribution in [-0.2, 0) is 10.0 Å². The number of hydrogen-bond acceptors (Lipinski definition) is 4. The maximum atomic E-state index is 13.8. The first kappa shape index (κ1) is 21.7. The van der Waals surface area contributed by atoms with Crippen molar-refractivity contribution in [1.29, 1.82) is 0 Å². The van der Waals surface area contributed by atoms with Gasteiger partial charge in [0.15, 0.2) is 11.6 Å². The molecular weight excluding hydrogens is 471 g/mol. The van der Waals surface area contributed by atoms with Gasteiger partial charge in [0.05, 0.1) is 4.90 Å². The van der Waals surface area contributed by atoms with E-state index in [1.165, 1.54) is 6.07 Å². The third-order valence-electron chi connectivity index (χ3n) is 6.00. The fourth-order valence-corrected chi connectivity index (χ4v) is 6.75. The molecule has 2 aliphatic rings. The summed E-state index contributed by atoms with van der Waals surface area (Å²) < 4.78 is 47.8. The highest BCUT2D eigenvalue weighted by Crippen LogP contribution is 2.29. The van der Waals surface area contributed by atoms with Crippen molar-refractivity contribution in [2.45, 2.75) is 42.7 Å². The zero-order valence-electron chi connectivity index (χ0n) is 16.7. The van der Waals surface area contributed by atoms with E-state index < -0.39 is 10.0 Å². The molecule has 2 aliphatic heterocycles. The lowest BCUT2D eigenvalue weighted by molar-refractivity contribution is 0.0568. The third kappa shape index (κ3) is 4.72. The van der Waals surface area contributed by atoms with Gasteiger partial charge in [-0.15, -0.1) is 0 Å². The van der Waals surface area contributed by atoms with Crippen molar-refractivity contribution < 1.29 is 17.5 Å². The topological polar surface area (TPSA) is 49.9 Å². The molecule has 0 saturated carbocycles. The summed E-state index contributed by atoms with van der Waals surface area (Å²) in [7, 11) is -3.48. The Morgan fingerprint density at radius 3 is 2.20 bits per heavy atom. The van der Waals surface area contributed by atoms with Gasteiger partial charge < -0.3 is 9.64 Å². The second kappa shape index (κ2) is 9.34. The Morgan fingerprint density at radius 2 is 1.53 bits per heavy atom. The summed E-state index contributed by atoms with van der Waals surface area (Å²) in [6, 6.07) is 13.9. The molecule has 2 saturated heterocycles. The number of nitrogens with zero attached hydrogens (tertiary/aromatic N) is 2. The Balaban J connectivity index is 1.29. The molecule has 5 nitrogen and oxygen atoms in total. The van der Waals surface area contributed by atoms with E-state index in [0.29, 0.717) is 34.2 Å². The minimum atomic E-state index is -3.48. The van der Waals surface area contributed by atoms with Crippen molar-refractivity contribution >= 4 is 26.0 Å². The Labute approximate surface area is 186 Å². The highest BCUT2D eigenvalue weighted by Gasteiger charge is 2.34. The van der Waals surface area contributed by atoms with Crippen LogP contribution in [0.4, 0.5) is 4.39 Å². The van der Waals surface area contributed by atoms with E-state index in [1.54, 1.807) is 40.7 Å². The molecule has 2 fully saturated rings. The van der Waals surface area contributed by atoms with Gasteiger partial charge in [0, 0.05) is 36.7 Å². The minimum absolute atomic E-state index is 0.0223. The quantitative estimate of drug-likeness (QED) is 0.619. The Hall–Kier alpha value is -1.48. The maximum Gasteiger partial charge on any atom is 0.244 e. The molecule has 30 heavy (non-hydrogen) atoms. The van der Waals surface area contributed by atoms with Crippen molar-refractivity contribution in [2.75, 3.05) is 26.2 Å². The van der Waals surface area contributed by atoms with Gasteiger partial charge in [-0.1, -0.05) is 24.3 Å². The third-order valence-corrected chi connectivity index (χ3v) is 8.91. The number of ether oxygens (including phenoxy) is 1. The van der Waals surface area contributed by atoms with Crippen LogP contribution in [0.3, 0.4) is 0 Å². The van der Waals surface area contributed by atoms with E-state index in [-0.39, 0.29) is 11.9 Å². The van der Waals surface area contributed by atoms with E-state index in [4.69, 9.17) is 4.74 Å². The van der Waals surface area contributed by atoms with Crippen molar-refractivity contribution in [2.24, 2.45) is 0 Å². The van der Waals surface area contributed by atoms with Crippen LogP contribution in [0.2, 0.25) is 0 Å².